The Balaban J connectivity index is 2.03. The molecule has 2 N–H and O–H groups in total. The maximum atomic E-state index is 12.1. The van der Waals surface area contributed by atoms with Crippen LogP contribution in [0, 0.1) is 0 Å². The molecule has 2 rings (SSSR count). The van der Waals surface area contributed by atoms with Gasteiger partial charge in [0.15, 0.2) is 0 Å². The quantitative estimate of drug-likeness (QED) is 0.842. The van der Waals surface area contributed by atoms with Crippen LogP contribution in [0.4, 0.5) is 0 Å². The molecular formula is C15H15NO2S. The number of carbonyl (C=O) groups excluding carboxylic acids is 1. The number of phenols is 1. The van der Waals surface area contributed by atoms with Crippen molar-refractivity contribution in [3.8, 4) is 5.75 Å². The molecule has 0 saturated carbocycles. The fraction of sp³-hybridized carbons (Fsp3) is 0.133. The largest absolute Gasteiger partial charge is 0.508 e. The highest BCUT2D eigenvalue weighted by molar-refractivity contribution is 7.98. The van der Waals surface area contributed by atoms with Crippen molar-refractivity contribution in [2.75, 3.05) is 6.26 Å². The number of benzene rings is 2. The van der Waals surface area contributed by atoms with Gasteiger partial charge in [0.25, 0.3) is 5.91 Å². The zero-order chi connectivity index (χ0) is 13.7. The zero-order valence-electron chi connectivity index (χ0n) is 10.6. The first-order valence-electron chi connectivity index (χ1n) is 5.90. The van der Waals surface area contributed by atoms with E-state index in [0.29, 0.717) is 12.1 Å². The first-order chi connectivity index (χ1) is 9.20. The topological polar surface area (TPSA) is 49.3 Å². The molecule has 2 aromatic rings. The van der Waals surface area contributed by atoms with Crippen molar-refractivity contribution < 1.29 is 9.90 Å². The van der Waals surface area contributed by atoms with E-state index in [4.69, 9.17) is 0 Å². The van der Waals surface area contributed by atoms with Gasteiger partial charge in [0.05, 0.1) is 5.56 Å². The van der Waals surface area contributed by atoms with Crippen LogP contribution in [-0.2, 0) is 6.54 Å². The second-order valence-corrected chi connectivity index (χ2v) is 4.90. The van der Waals surface area contributed by atoms with Crippen LogP contribution in [0.5, 0.6) is 5.75 Å². The summed E-state index contributed by atoms with van der Waals surface area (Å²) in [6.45, 7) is 0.446. The standard InChI is InChI=1S/C15H15NO2S/c1-19-14-5-3-2-4-13(14)15(18)16-10-11-6-8-12(17)9-7-11/h2-9,17H,10H2,1H3,(H,16,18). The molecule has 0 atom stereocenters. The minimum Gasteiger partial charge on any atom is -0.508 e. The minimum atomic E-state index is -0.0852. The van der Waals surface area contributed by atoms with Crippen molar-refractivity contribution in [3.05, 3.63) is 59.7 Å². The van der Waals surface area contributed by atoms with Crippen LogP contribution in [0.3, 0.4) is 0 Å². The van der Waals surface area contributed by atoms with Crippen LogP contribution in [0.25, 0.3) is 0 Å². The molecule has 2 aromatic carbocycles. The van der Waals surface area contributed by atoms with Gasteiger partial charge in [-0.1, -0.05) is 24.3 Å². The summed E-state index contributed by atoms with van der Waals surface area (Å²) in [6, 6.07) is 14.3. The van der Waals surface area contributed by atoms with Crippen molar-refractivity contribution >= 4 is 17.7 Å². The number of carbonyl (C=O) groups is 1. The van der Waals surface area contributed by atoms with Gasteiger partial charge in [-0.15, -0.1) is 11.8 Å². The Morgan fingerprint density at radius 3 is 2.53 bits per heavy atom. The highest BCUT2D eigenvalue weighted by atomic mass is 32.2. The zero-order valence-corrected chi connectivity index (χ0v) is 11.4. The van der Waals surface area contributed by atoms with E-state index in [9.17, 15) is 9.90 Å². The van der Waals surface area contributed by atoms with E-state index >= 15 is 0 Å². The van der Waals surface area contributed by atoms with Gasteiger partial charge >= 0.3 is 0 Å². The molecule has 0 radical (unpaired) electrons. The lowest BCUT2D eigenvalue weighted by atomic mass is 10.2. The predicted octanol–water partition coefficient (Wildman–Crippen LogP) is 3.04. The fourth-order valence-corrected chi connectivity index (χ4v) is 2.32. The van der Waals surface area contributed by atoms with Crippen molar-refractivity contribution in [2.45, 2.75) is 11.4 Å². The van der Waals surface area contributed by atoms with Gasteiger partial charge in [0, 0.05) is 11.4 Å². The molecule has 19 heavy (non-hydrogen) atoms. The summed E-state index contributed by atoms with van der Waals surface area (Å²) in [5, 5.41) is 12.1. The van der Waals surface area contributed by atoms with E-state index < -0.39 is 0 Å². The van der Waals surface area contributed by atoms with E-state index in [-0.39, 0.29) is 11.7 Å². The normalized spacial score (nSPS) is 10.2. The smallest absolute Gasteiger partial charge is 0.252 e. The second kappa shape index (κ2) is 6.29. The molecule has 0 spiro atoms. The number of hydrogen-bond acceptors (Lipinski definition) is 3. The Labute approximate surface area is 116 Å². The van der Waals surface area contributed by atoms with Gasteiger partial charge in [-0.25, -0.2) is 0 Å². The van der Waals surface area contributed by atoms with E-state index in [1.54, 1.807) is 36.0 Å². The summed E-state index contributed by atoms with van der Waals surface area (Å²) in [5.74, 6) is 0.140. The number of amides is 1. The molecule has 4 heteroatoms. The Hall–Kier alpha value is -1.94. The lowest BCUT2D eigenvalue weighted by Crippen LogP contribution is -2.23. The molecule has 0 aliphatic rings. The number of thioether (sulfide) groups is 1. The summed E-state index contributed by atoms with van der Waals surface area (Å²) < 4.78 is 0. The number of aromatic hydroxyl groups is 1. The molecule has 0 aliphatic heterocycles. The highest BCUT2D eigenvalue weighted by Gasteiger charge is 2.09. The number of rotatable bonds is 4. The van der Waals surface area contributed by atoms with Gasteiger partial charge in [-0.3, -0.25) is 4.79 Å². The second-order valence-electron chi connectivity index (χ2n) is 4.05. The molecule has 0 saturated heterocycles. The molecule has 3 nitrogen and oxygen atoms in total. The van der Waals surface area contributed by atoms with Crippen molar-refractivity contribution in [1.29, 1.82) is 0 Å². The Kier molecular flexibility index (Phi) is 4.47. The molecular weight excluding hydrogens is 258 g/mol. The summed E-state index contributed by atoms with van der Waals surface area (Å²) in [5.41, 5.74) is 1.64. The summed E-state index contributed by atoms with van der Waals surface area (Å²) in [7, 11) is 0. The first-order valence-corrected chi connectivity index (χ1v) is 7.12. The summed E-state index contributed by atoms with van der Waals surface area (Å²) in [6.07, 6.45) is 1.95. The summed E-state index contributed by atoms with van der Waals surface area (Å²) >= 11 is 1.55. The molecule has 0 heterocycles. The predicted molar refractivity (Wildman–Crippen MR) is 77.5 cm³/mol. The minimum absolute atomic E-state index is 0.0852. The average Bonchev–Trinajstić information content (AvgIpc) is 2.46. The Bertz CT molecular complexity index is 567. The average molecular weight is 273 g/mol. The lowest BCUT2D eigenvalue weighted by Gasteiger charge is -2.08. The number of nitrogens with one attached hydrogen (secondary N) is 1. The molecule has 98 valence electrons. The highest BCUT2D eigenvalue weighted by Crippen LogP contribution is 2.19. The van der Waals surface area contributed by atoms with E-state index in [1.165, 1.54) is 0 Å². The molecule has 0 aromatic heterocycles. The lowest BCUT2D eigenvalue weighted by molar-refractivity contribution is 0.0948. The molecule has 0 unspecified atom stereocenters. The fourth-order valence-electron chi connectivity index (χ4n) is 1.72. The number of phenolic OH excluding ortho intramolecular Hbond substituents is 1. The van der Waals surface area contributed by atoms with Crippen LogP contribution >= 0.6 is 11.8 Å². The third-order valence-corrected chi connectivity index (χ3v) is 3.54. The van der Waals surface area contributed by atoms with Gasteiger partial charge in [0.2, 0.25) is 0 Å². The van der Waals surface area contributed by atoms with E-state index in [2.05, 4.69) is 5.32 Å². The van der Waals surface area contributed by atoms with Crippen molar-refractivity contribution in [2.24, 2.45) is 0 Å². The molecule has 0 bridgehead atoms. The first kappa shape index (κ1) is 13.5. The monoisotopic (exact) mass is 273 g/mol. The van der Waals surface area contributed by atoms with Gasteiger partial charge in [-0.05, 0) is 36.1 Å². The SMILES string of the molecule is CSc1ccccc1C(=O)NCc1ccc(O)cc1. The summed E-state index contributed by atoms with van der Waals surface area (Å²) in [4.78, 5) is 13.1. The molecule has 0 fully saturated rings. The Morgan fingerprint density at radius 1 is 1.16 bits per heavy atom. The maximum Gasteiger partial charge on any atom is 0.252 e. The Morgan fingerprint density at radius 2 is 1.84 bits per heavy atom. The van der Waals surface area contributed by atoms with Gasteiger partial charge < -0.3 is 10.4 Å². The van der Waals surface area contributed by atoms with Crippen molar-refractivity contribution in [1.82, 2.24) is 5.32 Å². The van der Waals surface area contributed by atoms with E-state index in [1.807, 2.05) is 30.5 Å². The molecule has 1 amide bonds. The van der Waals surface area contributed by atoms with Crippen molar-refractivity contribution in [3.63, 3.8) is 0 Å². The van der Waals surface area contributed by atoms with Crippen LogP contribution in [0.2, 0.25) is 0 Å². The third-order valence-electron chi connectivity index (χ3n) is 2.74. The van der Waals surface area contributed by atoms with Gasteiger partial charge in [-0.2, -0.15) is 0 Å². The van der Waals surface area contributed by atoms with E-state index in [0.717, 1.165) is 10.5 Å². The van der Waals surface area contributed by atoms with Crippen LogP contribution in [-0.4, -0.2) is 17.3 Å². The van der Waals surface area contributed by atoms with Crippen LogP contribution < -0.4 is 5.32 Å². The molecule has 0 aliphatic carbocycles. The number of hydrogen-bond donors (Lipinski definition) is 2. The third kappa shape index (κ3) is 3.51. The maximum absolute atomic E-state index is 12.1. The van der Waals surface area contributed by atoms with Crippen LogP contribution in [0.1, 0.15) is 15.9 Å². The van der Waals surface area contributed by atoms with Crippen LogP contribution in [0.15, 0.2) is 53.4 Å². The van der Waals surface area contributed by atoms with Gasteiger partial charge in [0.1, 0.15) is 5.75 Å².